The molecule has 2 aromatic heterocycles. The molecule has 130 valence electrons. The highest BCUT2D eigenvalue weighted by Gasteiger charge is 2.14. The summed E-state index contributed by atoms with van der Waals surface area (Å²) in [6.45, 7) is 4.48. The second-order valence-corrected chi connectivity index (χ2v) is 6.98. The maximum absolute atomic E-state index is 12.8. The van der Waals surface area contributed by atoms with Crippen LogP contribution in [0.1, 0.15) is 25.6 Å². The quantitative estimate of drug-likeness (QED) is 0.690. The molecule has 5 nitrogen and oxygen atoms in total. The van der Waals surface area contributed by atoms with Crippen molar-refractivity contribution in [3.63, 3.8) is 0 Å². The topological polar surface area (TPSA) is 64.0 Å². The first-order chi connectivity index (χ1) is 12.1. The Kier molecular flexibility index (Phi) is 5.28. The number of nitrogens with zero attached hydrogens (tertiary/aromatic N) is 2. The molecule has 0 atom stereocenters. The summed E-state index contributed by atoms with van der Waals surface area (Å²) in [5.74, 6) is 0.405. The molecule has 6 heteroatoms. The molecule has 0 unspecified atom stereocenters. The van der Waals surface area contributed by atoms with Gasteiger partial charge in [0.05, 0.1) is 5.39 Å². The van der Waals surface area contributed by atoms with Crippen LogP contribution < -0.4 is 10.9 Å². The number of aromatic nitrogens is 2. The van der Waals surface area contributed by atoms with Crippen molar-refractivity contribution >= 4 is 27.5 Å². The monoisotopic (exact) mass is 355 g/mol. The molecule has 3 aromatic rings. The van der Waals surface area contributed by atoms with E-state index >= 15 is 0 Å². The van der Waals surface area contributed by atoms with E-state index in [-0.39, 0.29) is 18.0 Å². The first-order valence-electron chi connectivity index (χ1n) is 8.43. The van der Waals surface area contributed by atoms with Gasteiger partial charge in [0.15, 0.2) is 0 Å². The van der Waals surface area contributed by atoms with E-state index in [4.69, 9.17) is 0 Å². The van der Waals surface area contributed by atoms with Crippen molar-refractivity contribution < 1.29 is 4.79 Å². The van der Waals surface area contributed by atoms with Crippen LogP contribution in [-0.4, -0.2) is 22.0 Å². The van der Waals surface area contributed by atoms with E-state index in [1.807, 2.05) is 36.4 Å². The first kappa shape index (κ1) is 17.4. The highest BCUT2D eigenvalue weighted by atomic mass is 32.1. The minimum Gasteiger partial charge on any atom is -0.355 e. The fraction of sp³-hybridized carbons (Fsp3) is 0.316. The van der Waals surface area contributed by atoms with Crippen LogP contribution in [-0.2, 0) is 11.3 Å². The fourth-order valence-electron chi connectivity index (χ4n) is 2.65. The number of amides is 1. The minimum atomic E-state index is -0.161. The largest absolute Gasteiger partial charge is 0.355 e. The third-order valence-corrected chi connectivity index (χ3v) is 5.13. The smallest absolute Gasteiger partial charge is 0.262 e. The molecule has 0 saturated heterocycles. The highest BCUT2D eigenvalue weighted by molar-refractivity contribution is 7.21. The van der Waals surface area contributed by atoms with Gasteiger partial charge in [0, 0.05) is 11.4 Å². The number of aryl methyl sites for hydroxylation is 1. The standard InChI is InChI=1S/C19H21N3O2S/c1-3-4-10-20-17(23)12-22-13(2)21-18-15(19(22)24)11-16(25-18)14-8-6-5-7-9-14/h5-9,11H,3-4,10,12H2,1-2H3,(H,20,23). The summed E-state index contributed by atoms with van der Waals surface area (Å²) in [5, 5.41) is 3.41. The van der Waals surface area contributed by atoms with Crippen LogP contribution in [0.25, 0.3) is 20.7 Å². The molecular formula is C19H21N3O2S. The molecule has 0 aliphatic heterocycles. The Labute approximate surface area is 150 Å². The second kappa shape index (κ2) is 7.61. The van der Waals surface area contributed by atoms with E-state index in [1.54, 1.807) is 6.92 Å². The Balaban J connectivity index is 1.93. The van der Waals surface area contributed by atoms with E-state index in [9.17, 15) is 9.59 Å². The molecule has 1 aromatic carbocycles. The molecule has 1 N–H and O–H groups in total. The molecule has 1 amide bonds. The number of benzene rings is 1. The maximum atomic E-state index is 12.8. The van der Waals surface area contributed by atoms with E-state index in [2.05, 4.69) is 17.2 Å². The predicted octanol–water partition coefficient (Wildman–Crippen LogP) is 3.35. The van der Waals surface area contributed by atoms with Gasteiger partial charge in [-0.05, 0) is 25.0 Å². The normalized spacial score (nSPS) is 11.0. The number of rotatable bonds is 6. The molecule has 0 aliphatic carbocycles. The van der Waals surface area contributed by atoms with Crippen LogP contribution in [0, 0.1) is 6.92 Å². The Morgan fingerprint density at radius 1 is 1.28 bits per heavy atom. The van der Waals surface area contributed by atoms with Crippen LogP contribution in [0.5, 0.6) is 0 Å². The van der Waals surface area contributed by atoms with E-state index in [0.717, 1.165) is 23.3 Å². The average Bonchev–Trinajstić information content (AvgIpc) is 3.04. The Morgan fingerprint density at radius 2 is 2.04 bits per heavy atom. The van der Waals surface area contributed by atoms with Gasteiger partial charge in [-0.2, -0.15) is 0 Å². The SMILES string of the molecule is CCCCNC(=O)Cn1c(C)nc2sc(-c3ccccc3)cc2c1=O. The van der Waals surface area contributed by atoms with E-state index in [0.29, 0.717) is 22.6 Å². The molecule has 25 heavy (non-hydrogen) atoms. The molecule has 2 heterocycles. The van der Waals surface area contributed by atoms with Gasteiger partial charge in [-0.25, -0.2) is 4.98 Å². The van der Waals surface area contributed by atoms with Crippen molar-refractivity contribution in [2.75, 3.05) is 6.54 Å². The lowest BCUT2D eigenvalue weighted by atomic mass is 10.2. The van der Waals surface area contributed by atoms with Gasteiger partial charge in [-0.15, -0.1) is 11.3 Å². The summed E-state index contributed by atoms with van der Waals surface area (Å²) in [6, 6.07) is 11.8. The van der Waals surface area contributed by atoms with Crippen LogP contribution >= 0.6 is 11.3 Å². The molecule has 0 radical (unpaired) electrons. The lowest BCUT2D eigenvalue weighted by Crippen LogP contribution is -2.34. The van der Waals surface area contributed by atoms with Gasteiger partial charge in [0.25, 0.3) is 5.56 Å². The summed E-state index contributed by atoms with van der Waals surface area (Å²) in [5.41, 5.74) is 0.901. The van der Waals surface area contributed by atoms with Gasteiger partial charge in [0.1, 0.15) is 17.2 Å². The Hall–Kier alpha value is -2.47. The van der Waals surface area contributed by atoms with Crippen molar-refractivity contribution in [2.24, 2.45) is 0 Å². The van der Waals surface area contributed by atoms with Crippen molar-refractivity contribution in [1.29, 1.82) is 0 Å². The average molecular weight is 355 g/mol. The molecule has 0 saturated carbocycles. The number of thiophene rings is 1. The molecule has 0 spiro atoms. The van der Waals surface area contributed by atoms with Crippen molar-refractivity contribution in [3.05, 3.63) is 52.6 Å². The lowest BCUT2D eigenvalue weighted by molar-refractivity contribution is -0.121. The summed E-state index contributed by atoms with van der Waals surface area (Å²) in [6.07, 6.45) is 1.95. The first-order valence-corrected chi connectivity index (χ1v) is 9.25. The number of hydrogen-bond donors (Lipinski definition) is 1. The summed E-state index contributed by atoms with van der Waals surface area (Å²) >= 11 is 1.50. The van der Waals surface area contributed by atoms with E-state index in [1.165, 1.54) is 15.9 Å². The Morgan fingerprint density at radius 3 is 2.76 bits per heavy atom. The lowest BCUT2D eigenvalue weighted by Gasteiger charge is -2.09. The molecule has 0 bridgehead atoms. The van der Waals surface area contributed by atoms with Crippen molar-refractivity contribution in [2.45, 2.75) is 33.2 Å². The summed E-state index contributed by atoms with van der Waals surface area (Å²) in [4.78, 5) is 31.1. The maximum Gasteiger partial charge on any atom is 0.262 e. The number of nitrogens with one attached hydrogen (secondary N) is 1. The second-order valence-electron chi connectivity index (χ2n) is 5.95. The van der Waals surface area contributed by atoms with Gasteiger partial charge in [0.2, 0.25) is 5.91 Å². The van der Waals surface area contributed by atoms with Gasteiger partial charge in [-0.3, -0.25) is 14.2 Å². The Bertz CT molecular complexity index is 944. The number of carbonyl (C=O) groups excluding carboxylic acids is 1. The van der Waals surface area contributed by atoms with Crippen molar-refractivity contribution in [1.82, 2.24) is 14.9 Å². The van der Waals surface area contributed by atoms with Crippen LogP contribution in [0.3, 0.4) is 0 Å². The van der Waals surface area contributed by atoms with Gasteiger partial charge < -0.3 is 5.32 Å². The molecular weight excluding hydrogens is 334 g/mol. The zero-order valence-corrected chi connectivity index (χ0v) is 15.2. The van der Waals surface area contributed by atoms with Gasteiger partial charge in [-0.1, -0.05) is 43.7 Å². The van der Waals surface area contributed by atoms with Gasteiger partial charge >= 0.3 is 0 Å². The van der Waals surface area contributed by atoms with Crippen molar-refractivity contribution in [3.8, 4) is 10.4 Å². The van der Waals surface area contributed by atoms with Crippen LogP contribution in [0.15, 0.2) is 41.2 Å². The summed E-state index contributed by atoms with van der Waals surface area (Å²) in [7, 11) is 0. The molecule has 3 rings (SSSR count). The highest BCUT2D eigenvalue weighted by Crippen LogP contribution is 2.30. The predicted molar refractivity (Wildman–Crippen MR) is 102 cm³/mol. The number of hydrogen-bond acceptors (Lipinski definition) is 4. The minimum absolute atomic E-state index is 0.00778. The third kappa shape index (κ3) is 3.79. The molecule has 0 aliphatic rings. The number of unbranched alkanes of at least 4 members (excludes halogenated alkanes) is 1. The third-order valence-electron chi connectivity index (χ3n) is 4.05. The fourth-order valence-corrected chi connectivity index (χ4v) is 3.73. The van der Waals surface area contributed by atoms with Crippen LogP contribution in [0.2, 0.25) is 0 Å². The number of fused-ring (bicyclic) bond motifs is 1. The molecule has 0 fully saturated rings. The zero-order chi connectivity index (χ0) is 17.8. The number of carbonyl (C=O) groups is 1. The van der Waals surface area contributed by atoms with E-state index < -0.39 is 0 Å². The zero-order valence-electron chi connectivity index (χ0n) is 14.4. The van der Waals surface area contributed by atoms with Crippen LogP contribution in [0.4, 0.5) is 0 Å². The summed E-state index contributed by atoms with van der Waals surface area (Å²) < 4.78 is 1.45.